The fraction of sp³-hybridized carbons (Fsp3) is 0.857. The number of methoxy groups -OCH3 is 2. The molecule has 7 rings (SSSR count). The Hall–Kier alpha value is -2.20. The molecule has 10 heteroatoms. The molecule has 2 N–H and O–H groups in total. The third-order valence-electron chi connectivity index (χ3n) is 10.2. The summed E-state index contributed by atoms with van der Waals surface area (Å²) >= 11 is 0. The van der Waals surface area contributed by atoms with Crippen LogP contribution in [0.4, 0.5) is 0 Å². The van der Waals surface area contributed by atoms with Crippen molar-refractivity contribution in [1.29, 1.82) is 0 Å². The van der Waals surface area contributed by atoms with Crippen molar-refractivity contribution in [2.24, 2.45) is 35.5 Å². The van der Waals surface area contributed by atoms with E-state index < -0.39 is 12.1 Å². The standard InChI is InChI=1S/C28H44N4O6/c1-37-27(35)23(21-15-31-11-7-17(21)8-12-31)29-25(33)19-3-5-20(6-4-19)26(34)30-24(28(36)38-2)22-16-32-13-9-18(22)10-14-32/h17-24H,3-16H2,1-2H3,(H,29,33)(H,30,34)/t19?,20?,21-,22-,23?,24?/m0/s1. The summed E-state index contributed by atoms with van der Waals surface area (Å²) in [7, 11) is 2.76. The zero-order chi connectivity index (χ0) is 26.8. The number of rotatable bonds is 8. The summed E-state index contributed by atoms with van der Waals surface area (Å²) in [6.45, 7) is 5.88. The maximum absolute atomic E-state index is 13.2. The van der Waals surface area contributed by atoms with E-state index in [2.05, 4.69) is 20.4 Å². The van der Waals surface area contributed by atoms with Gasteiger partial charge < -0.3 is 29.9 Å². The summed E-state index contributed by atoms with van der Waals surface area (Å²) in [6, 6.07) is -1.24. The molecule has 0 spiro atoms. The van der Waals surface area contributed by atoms with Crippen LogP contribution in [0, 0.1) is 35.5 Å². The van der Waals surface area contributed by atoms with Crippen LogP contribution < -0.4 is 10.6 Å². The Kier molecular flexibility index (Phi) is 8.57. The molecule has 6 heterocycles. The normalized spacial score (nSPS) is 37.5. The third-order valence-corrected chi connectivity index (χ3v) is 10.2. The van der Waals surface area contributed by atoms with Crippen LogP contribution in [-0.2, 0) is 28.7 Å². The van der Waals surface area contributed by atoms with Gasteiger partial charge in [-0.2, -0.15) is 0 Å². The van der Waals surface area contributed by atoms with Gasteiger partial charge >= 0.3 is 11.9 Å². The number of carbonyl (C=O) groups is 4. The molecule has 4 bridgehead atoms. The Morgan fingerprint density at radius 2 is 0.947 bits per heavy atom. The molecule has 6 saturated heterocycles. The minimum absolute atomic E-state index is 0.0812. The van der Waals surface area contributed by atoms with Gasteiger partial charge in [0.1, 0.15) is 12.1 Å². The van der Waals surface area contributed by atoms with Crippen LogP contribution in [0.1, 0.15) is 51.4 Å². The molecule has 6 aliphatic heterocycles. The average molecular weight is 533 g/mol. The first kappa shape index (κ1) is 27.4. The Labute approximate surface area is 225 Å². The number of nitrogens with one attached hydrogen (secondary N) is 2. The maximum Gasteiger partial charge on any atom is 0.328 e. The SMILES string of the molecule is COC(=O)C(NC(=O)C1CCC(C(=O)NC(C(=O)OC)[C@H]2CN3CCC2CC3)CC1)[C@H]1CN2CCC1CC2. The first-order chi connectivity index (χ1) is 18.4. The van der Waals surface area contributed by atoms with Gasteiger partial charge in [0.15, 0.2) is 0 Å². The van der Waals surface area contributed by atoms with E-state index in [-0.39, 0.29) is 47.4 Å². The van der Waals surface area contributed by atoms with Gasteiger partial charge in [0.2, 0.25) is 11.8 Å². The highest BCUT2D eigenvalue weighted by Gasteiger charge is 2.45. The van der Waals surface area contributed by atoms with Crippen LogP contribution in [0.5, 0.6) is 0 Å². The second-order valence-electron chi connectivity index (χ2n) is 12.2. The summed E-state index contributed by atoms with van der Waals surface area (Å²) in [4.78, 5) is 56.5. The number of hydrogen-bond acceptors (Lipinski definition) is 8. The number of ether oxygens (including phenoxy) is 2. The Balaban J connectivity index is 1.15. The highest BCUT2D eigenvalue weighted by Crippen LogP contribution is 2.37. The number of amides is 2. The molecule has 2 amide bonds. The summed E-state index contributed by atoms with van der Waals surface area (Å²) in [5, 5.41) is 6.09. The molecule has 212 valence electrons. The van der Waals surface area contributed by atoms with E-state index in [9.17, 15) is 19.2 Å². The van der Waals surface area contributed by atoms with Gasteiger partial charge in [-0.15, -0.1) is 0 Å². The molecule has 0 aromatic heterocycles. The van der Waals surface area contributed by atoms with Crippen molar-refractivity contribution in [3.8, 4) is 0 Å². The molecule has 0 aromatic carbocycles. The molecule has 0 radical (unpaired) electrons. The van der Waals surface area contributed by atoms with Gasteiger partial charge in [-0.1, -0.05) is 0 Å². The van der Waals surface area contributed by atoms with Crippen molar-refractivity contribution in [1.82, 2.24) is 20.4 Å². The summed E-state index contributed by atoms with van der Waals surface area (Å²) in [5.41, 5.74) is 0. The van der Waals surface area contributed by atoms with Gasteiger partial charge in [-0.25, -0.2) is 9.59 Å². The Bertz CT molecular complexity index is 818. The molecule has 1 aliphatic carbocycles. The van der Waals surface area contributed by atoms with Crippen molar-refractivity contribution >= 4 is 23.8 Å². The lowest BCUT2D eigenvalue weighted by Crippen LogP contribution is -2.59. The van der Waals surface area contributed by atoms with Gasteiger partial charge in [-0.05, 0) is 89.4 Å². The van der Waals surface area contributed by atoms with Crippen LogP contribution in [0.25, 0.3) is 0 Å². The van der Waals surface area contributed by atoms with E-state index in [0.717, 1.165) is 65.0 Å². The molecule has 38 heavy (non-hydrogen) atoms. The van der Waals surface area contributed by atoms with Crippen molar-refractivity contribution in [2.45, 2.75) is 63.5 Å². The molecule has 1 saturated carbocycles. The Morgan fingerprint density at radius 3 is 1.21 bits per heavy atom. The zero-order valence-electron chi connectivity index (χ0n) is 22.9. The lowest BCUT2D eigenvalue weighted by Gasteiger charge is -2.47. The molecule has 4 atom stereocenters. The number of fused-ring (bicyclic) bond motifs is 6. The fourth-order valence-electron chi connectivity index (χ4n) is 7.87. The predicted molar refractivity (Wildman–Crippen MR) is 139 cm³/mol. The van der Waals surface area contributed by atoms with Gasteiger partial charge in [0.25, 0.3) is 0 Å². The molecular weight excluding hydrogens is 488 g/mol. The highest BCUT2D eigenvalue weighted by molar-refractivity contribution is 5.88. The van der Waals surface area contributed by atoms with Crippen LogP contribution in [-0.4, -0.2) is 99.1 Å². The summed E-state index contributed by atoms with van der Waals surface area (Å²) in [5.74, 6) is -0.402. The molecular formula is C28H44N4O6. The fourth-order valence-corrected chi connectivity index (χ4v) is 7.87. The van der Waals surface area contributed by atoms with Crippen molar-refractivity contribution in [3.05, 3.63) is 0 Å². The first-order valence-corrected chi connectivity index (χ1v) is 14.6. The van der Waals surface area contributed by atoms with E-state index in [4.69, 9.17) is 9.47 Å². The minimum Gasteiger partial charge on any atom is -0.467 e. The second-order valence-corrected chi connectivity index (χ2v) is 12.2. The highest BCUT2D eigenvalue weighted by atomic mass is 16.5. The van der Waals surface area contributed by atoms with Gasteiger partial charge in [0.05, 0.1) is 14.2 Å². The van der Waals surface area contributed by atoms with Crippen LogP contribution in [0.15, 0.2) is 0 Å². The van der Waals surface area contributed by atoms with E-state index in [0.29, 0.717) is 37.5 Å². The summed E-state index contributed by atoms with van der Waals surface area (Å²) in [6.07, 6.45) is 6.56. The molecule has 2 unspecified atom stereocenters. The Morgan fingerprint density at radius 1 is 0.605 bits per heavy atom. The lowest BCUT2D eigenvalue weighted by molar-refractivity contribution is -0.151. The number of hydrogen-bond donors (Lipinski definition) is 2. The topological polar surface area (TPSA) is 117 Å². The van der Waals surface area contributed by atoms with Gasteiger partial charge in [-0.3, -0.25) is 9.59 Å². The number of carbonyl (C=O) groups excluding carboxylic acids is 4. The quantitative estimate of drug-likeness (QED) is 0.441. The van der Waals surface area contributed by atoms with E-state index in [1.165, 1.54) is 14.2 Å². The van der Waals surface area contributed by atoms with Crippen LogP contribution >= 0.6 is 0 Å². The van der Waals surface area contributed by atoms with Crippen LogP contribution in [0.2, 0.25) is 0 Å². The minimum atomic E-state index is -0.621. The number of nitrogens with zero attached hydrogens (tertiary/aromatic N) is 2. The van der Waals surface area contributed by atoms with E-state index in [1.54, 1.807) is 0 Å². The lowest BCUT2D eigenvalue weighted by atomic mass is 9.74. The molecule has 10 nitrogen and oxygen atoms in total. The smallest absolute Gasteiger partial charge is 0.328 e. The van der Waals surface area contributed by atoms with Crippen molar-refractivity contribution < 1.29 is 28.7 Å². The largest absolute Gasteiger partial charge is 0.467 e. The van der Waals surface area contributed by atoms with Crippen molar-refractivity contribution in [3.63, 3.8) is 0 Å². The van der Waals surface area contributed by atoms with E-state index in [1.807, 2.05) is 0 Å². The van der Waals surface area contributed by atoms with Gasteiger partial charge in [0, 0.05) is 36.8 Å². The zero-order valence-corrected chi connectivity index (χ0v) is 22.9. The molecule has 7 fully saturated rings. The maximum atomic E-state index is 13.2. The van der Waals surface area contributed by atoms with Crippen molar-refractivity contribution in [2.75, 3.05) is 53.5 Å². The second kappa shape index (κ2) is 11.9. The first-order valence-electron chi connectivity index (χ1n) is 14.6. The predicted octanol–water partition coefficient (Wildman–Crippen LogP) is 0.792. The monoisotopic (exact) mass is 532 g/mol. The number of piperidine rings is 6. The summed E-state index contributed by atoms with van der Waals surface area (Å²) < 4.78 is 10.2. The molecule has 7 aliphatic rings. The van der Waals surface area contributed by atoms with Crippen LogP contribution in [0.3, 0.4) is 0 Å². The average Bonchev–Trinajstić information content (AvgIpc) is 2.98. The van der Waals surface area contributed by atoms with E-state index >= 15 is 0 Å². The number of esters is 2. The molecule has 0 aromatic rings. The third kappa shape index (κ3) is 5.71.